The van der Waals surface area contributed by atoms with Gasteiger partial charge in [-0.2, -0.15) is 9.67 Å². The van der Waals surface area contributed by atoms with Gasteiger partial charge < -0.3 is 23.9 Å². The zero-order valence-electron chi connectivity index (χ0n) is 18.6. The Bertz CT molecular complexity index is 1220. The van der Waals surface area contributed by atoms with E-state index in [0.717, 1.165) is 16.9 Å². The topological polar surface area (TPSA) is 101 Å². The first kappa shape index (κ1) is 21.9. The largest absolute Gasteiger partial charge is 0.497 e. The molecule has 33 heavy (non-hydrogen) atoms. The van der Waals surface area contributed by atoms with Gasteiger partial charge in [0.05, 0.1) is 34.0 Å². The van der Waals surface area contributed by atoms with Gasteiger partial charge in [-0.15, -0.1) is 5.10 Å². The number of methoxy groups -OCH3 is 3. The Morgan fingerprint density at radius 3 is 2.39 bits per heavy atom. The Balaban J connectivity index is 1.58. The molecule has 2 aromatic carbocycles. The van der Waals surface area contributed by atoms with Crippen LogP contribution >= 0.6 is 0 Å². The van der Waals surface area contributed by atoms with Crippen molar-refractivity contribution in [2.75, 3.05) is 26.6 Å². The number of carbonyl (C=O) groups excluding carboxylic acids is 1. The van der Waals surface area contributed by atoms with Gasteiger partial charge >= 0.3 is 0 Å². The van der Waals surface area contributed by atoms with Crippen molar-refractivity contribution in [3.63, 3.8) is 0 Å². The second-order valence-electron chi connectivity index (χ2n) is 7.11. The van der Waals surface area contributed by atoms with Gasteiger partial charge in [-0.25, -0.2) is 0 Å². The third-order valence-electron chi connectivity index (χ3n) is 5.00. The molecule has 0 aliphatic rings. The summed E-state index contributed by atoms with van der Waals surface area (Å²) in [6.45, 7) is 0.448. The summed E-state index contributed by atoms with van der Waals surface area (Å²) in [6.07, 6.45) is 1.63. The van der Waals surface area contributed by atoms with Crippen LogP contribution < -0.4 is 19.5 Å². The molecule has 0 saturated heterocycles. The number of aromatic nitrogens is 3. The van der Waals surface area contributed by atoms with E-state index in [1.807, 2.05) is 30.3 Å². The van der Waals surface area contributed by atoms with Gasteiger partial charge in [-0.1, -0.05) is 18.2 Å². The Morgan fingerprint density at radius 2 is 1.73 bits per heavy atom. The fourth-order valence-corrected chi connectivity index (χ4v) is 3.28. The predicted molar refractivity (Wildman–Crippen MR) is 122 cm³/mol. The first-order valence-electron chi connectivity index (χ1n) is 10.2. The van der Waals surface area contributed by atoms with E-state index >= 15 is 0 Å². The summed E-state index contributed by atoms with van der Waals surface area (Å²) in [6, 6.07) is 16.4. The average molecular weight is 448 g/mol. The first-order chi connectivity index (χ1) is 16.1. The summed E-state index contributed by atoms with van der Waals surface area (Å²) in [7, 11) is 4.74. The normalized spacial score (nSPS) is 10.6. The molecule has 0 unspecified atom stereocenters. The average Bonchev–Trinajstić information content (AvgIpc) is 3.53. The lowest BCUT2D eigenvalue weighted by molar-refractivity contribution is 0.0901. The number of nitrogens with one attached hydrogen (secondary N) is 1. The zero-order valence-corrected chi connectivity index (χ0v) is 18.6. The van der Waals surface area contributed by atoms with Crippen LogP contribution in [0, 0.1) is 0 Å². The molecule has 0 spiro atoms. The van der Waals surface area contributed by atoms with Crippen LogP contribution in [-0.2, 0) is 13.0 Å². The van der Waals surface area contributed by atoms with Crippen molar-refractivity contribution in [2.45, 2.75) is 13.0 Å². The van der Waals surface area contributed by atoms with Crippen LogP contribution in [0.15, 0.2) is 65.3 Å². The van der Waals surface area contributed by atoms with Crippen molar-refractivity contribution in [3.8, 4) is 28.8 Å². The fraction of sp³-hybridized carbons (Fsp3) is 0.208. The molecule has 9 nitrogen and oxygen atoms in total. The highest BCUT2D eigenvalue weighted by Gasteiger charge is 2.19. The van der Waals surface area contributed by atoms with Crippen molar-refractivity contribution >= 4 is 11.9 Å². The molecule has 9 heteroatoms. The van der Waals surface area contributed by atoms with Gasteiger partial charge in [0.2, 0.25) is 11.8 Å². The molecule has 1 N–H and O–H groups in total. The van der Waals surface area contributed by atoms with Gasteiger partial charge in [0.25, 0.3) is 5.91 Å². The van der Waals surface area contributed by atoms with E-state index in [2.05, 4.69) is 15.4 Å². The number of hydrogen-bond donors (Lipinski definition) is 1. The molecule has 0 radical (unpaired) electrons. The van der Waals surface area contributed by atoms with E-state index in [0.29, 0.717) is 35.6 Å². The second kappa shape index (κ2) is 9.90. The van der Waals surface area contributed by atoms with Gasteiger partial charge in [-0.3, -0.25) is 4.79 Å². The van der Waals surface area contributed by atoms with Gasteiger partial charge in [-0.05, 0) is 47.5 Å². The van der Waals surface area contributed by atoms with E-state index in [9.17, 15) is 4.79 Å². The number of furan rings is 1. The number of anilines is 1. The van der Waals surface area contributed by atoms with Crippen LogP contribution in [0.3, 0.4) is 0 Å². The molecule has 4 aromatic rings. The molecule has 0 bridgehead atoms. The highest BCUT2D eigenvalue weighted by molar-refractivity contribution is 5.83. The maximum atomic E-state index is 13.2. The molecule has 0 amide bonds. The van der Waals surface area contributed by atoms with E-state index in [-0.39, 0.29) is 12.3 Å². The minimum absolute atomic E-state index is 0.0958. The zero-order chi connectivity index (χ0) is 23.2. The summed E-state index contributed by atoms with van der Waals surface area (Å²) in [4.78, 5) is 17.7. The van der Waals surface area contributed by atoms with E-state index in [1.54, 1.807) is 45.6 Å². The van der Waals surface area contributed by atoms with E-state index < -0.39 is 0 Å². The molecule has 0 fully saturated rings. The molecule has 0 aliphatic carbocycles. The number of rotatable bonds is 9. The van der Waals surface area contributed by atoms with Gasteiger partial charge in [0, 0.05) is 6.54 Å². The molecular formula is C24H24N4O5. The van der Waals surface area contributed by atoms with Crippen molar-refractivity contribution in [1.29, 1.82) is 0 Å². The van der Waals surface area contributed by atoms with E-state index in [1.165, 1.54) is 10.9 Å². The maximum absolute atomic E-state index is 13.2. The molecule has 2 heterocycles. The molecule has 0 saturated carbocycles. The molecule has 0 aliphatic heterocycles. The Morgan fingerprint density at radius 1 is 0.970 bits per heavy atom. The molecule has 0 atom stereocenters. The van der Waals surface area contributed by atoms with Gasteiger partial charge in [0.1, 0.15) is 5.75 Å². The minimum atomic E-state index is -0.259. The molecule has 4 rings (SSSR count). The van der Waals surface area contributed by atoms with Crippen LogP contribution in [0.1, 0.15) is 15.9 Å². The number of nitrogens with zero attached hydrogens (tertiary/aromatic N) is 3. The third-order valence-corrected chi connectivity index (χ3v) is 5.00. The van der Waals surface area contributed by atoms with Crippen LogP contribution in [-0.4, -0.2) is 42.0 Å². The third kappa shape index (κ3) is 4.98. The number of hydrogen-bond acceptors (Lipinski definition) is 8. The van der Waals surface area contributed by atoms with Crippen LogP contribution in [0.5, 0.6) is 17.2 Å². The van der Waals surface area contributed by atoms with Crippen molar-refractivity contribution in [1.82, 2.24) is 14.8 Å². The lowest BCUT2D eigenvalue weighted by Crippen LogP contribution is -2.18. The van der Waals surface area contributed by atoms with Crippen molar-refractivity contribution in [2.24, 2.45) is 0 Å². The molecular weight excluding hydrogens is 424 g/mol. The standard InChI is InChI=1S/C24H24N4O5/c1-30-18-9-6-16(7-10-18)15-25-24-26-23(20-5-4-12-33-20)27-28(24)22(29)14-17-8-11-19(31-2)21(13-17)32-3/h4-13H,14-15H2,1-3H3,(H,25,26,27). The van der Waals surface area contributed by atoms with Crippen molar-refractivity contribution in [3.05, 3.63) is 72.0 Å². The smallest absolute Gasteiger partial charge is 0.254 e. The number of carbonyl (C=O) groups is 1. The molecule has 2 aromatic heterocycles. The summed E-state index contributed by atoms with van der Waals surface area (Å²) in [5, 5.41) is 7.59. The second-order valence-corrected chi connectivity index (χ2v) is 7.11. The summed E-state index contributed by atoms with van der Waals surface area (Å²) in [5.41, 5.74) is 1.76. The van der Waals surface area contributed by atoms with Crippen LogP contribution in [0.2, 0.25) is 0 Å². The SMILES string of the molecule is COc1ccc(CNc2nc(-c3ccco3)nn2C(=O)Cc2ccc(OC)c(OC)c2)cc1. The fourth-order valence-electron chi connectivity index (χ4n) is 3.28. The monoisotopic (exact) mass is 448 g/mol. The summed E-state index contributed by atoms with van der Waals surface area (Å²) in [5.74, 6) is 2.77. The first-order valence-corrected chi connectivity index (χ1v) is 10.2. The highest BCUT2D eigenvalue weighted by Crippen LogP contribution is 2.28. The van der Waals surface area contributed by atoms with Crippen LogP contribution in [0.25, 0.3) is 11.6 Å². The summed E-state index contributed by atoms with van der Waals surface area (Å²) < 4.78 is 22.5. The number of benzene rings is 2. The maximum Gasteiger partial charge on any atom is 0.254 e. The Kier molecular flexibility index (Phi) is 6.58. The predicted octanol–water partition coefficient (Wildman–Crippen LogP) is 4.06. The molecule has 170 valence electrons. The lowest BCUT2D eigenvalue weighted by Gasteiger charge is -2.10. The minimum Gasteiger partial charge on any atom is -0.497 e. The Hall–Kier alpha value is -4.27. The van der Waals surface area contributed by atoms with E-state index in [4.69, 9.17) is 18.6 Å². The number of ether oxygens (including phenoxy) is 3. The quantitative estimate of drug-likeness (QED) is 0.409. The van der Waals surface area contributed by atoms with Gasteiger partial charge in [0.15, 0.2) is 17.3 Å². The van der Waals surface area contributed by atoms with Crippen LogP contribution in [0.4, 0.5) is 5.95 Å². The van der Waals surface area contributed by atoms with Crippen molar-refractivity contribution < 1.29 is 23.4 Å². The summed E-state index contributed by atoms with van der Waals surface area (Å²) >= 11 is 0. The highest BCUT2D eigenvalue weighted by atomic mass is 16.5. The lowest BCUT2D eigenvalue weighted by atomic mass is 10.1. The Labute approximate surface area is 190 Å².